The van der Waals surface area contributed by atoms with E-state index in [4.69, 9.17) is 4.74 Å². The van der Waals surface area contributed by atoms with Crippen LogP contribution < -0.4 is 10.6 Å². The van der Waals surface area contributed by atoms with Gasteiger partial charge in [0, 0.05) is 32.2 Å². The van der Waals surface area contributed by atoms with Gasteiger partial charge in [0.05, 0.1) is 10.7 Å². The van der Waals surface area contributed by atoms with Crippen LogP contribution in [0.4, 0.5) is 5.82 Å². The van der Waals surface area contributed by atoms with Gasteiger partial charge in [0.25, 0.3) is 0 Å². The quantitative estimate of drug-likeness (QED) is 0.835. The van der Waals surface area contributed by atoms with E-state index < -0.39 is 0 Å². The average molecular weight is 394 g/mol. The standard InChI is InChI=1S/C17H24BrN5O/c18-14-11-22-23-8-7-20-16(15(14)23)21-12-17(3-9-24-10-4-17)13-1-5-19-6-2-13/h7-8,11,13,19H,1-6,9-10,12H2,(H,20,21). The van der Waals surface area contributed by atoms with E-state index >= 15 is 0 Å². The van der Waals surface area contributed by atoms with E-state index in [1.807, 2.05) is 16.9 Å². The number of ether oxygens (including phenoxy) is 1. The maximum atomic E-state index is 5.66. The van der Waals surface area contributed by atoms with Crippen LogP contribution in [-0.2, 0) is 4.74 Å². The summed E-state index contributed by atoms with van der Waals surface area (Å²) in [4.78, 5) is 4.56. The third-order valence-corrected chi connectivity index (χ3v) is 6.27. The highest BCUT2D eigenvalue weighted by molar-refractivity contribution is 9.10. The van der Waals surface area contributed by atoms with Gasteiger partial charge < -0.3 is 15.4 Å². The molecule has 2 aliphatic rings. The van der Waals surface area contributed by atoms with E-state index in [1.54, 1.807) is 6.20 Å². The van der Waals surface area contributed by atoms with Gasteiger partial charge in [0.15, 0.2) is 5.82 Å². The zero-order chi connectivity index (χ0) is 16.4. The number of rotatable bonds is 4. The summed E-state index contributed by atoms with van der Waals surface area (Å²) in [6, 6.07) is 0. The molecule has 2 saturated heterocycles. The second kappa shape index (κ2) is 6.98. The van der Waals surface area contributed by atoms with Crippen LogP contribution in [0.5, 0.6) is 0 Å². The van der Waals surface area contributed by atoms with E-state index in [9.17, 15) is 0 Å². The molecule has 4 rings (SSSR count). The van der Waals surface area contributed by atoms with Gasteiger partial charge in [0.2, 0.25) is 0 Å². The minimum absolute atomic E-state index is 0.307. The summed E-state index contributed by atoms with van der Waals surface area (Å²) in [6.45, 7) is 4.97. The Balaban J connectivity index is 1.57. The number of hydrogen-bond donors (Lipinski definition) is 2. The molecule has 2 fully saturated rings. The van der Waals surface area contributed by atoms with E-state index in [1.165, 1.54) is 12.8 Å². The van der Waals surface area contributed by atoms with Crippen molar-refractivity contribution in [2.45, 2.75) is 25.7 Å². The zero-order valence-electron chi connectivity index (χ0n) is 13.8. The van der Waals surface area contributed by atoms with Crippen molar-refractivity contribution < 1.29 is 4.74 Å². The van der Waals surface area contributed by atoms with Crippen molar-refractivity contribution in [1.82, 2.24) is 19.9 Å². The molecule has 0 amide bonds. The molecule has 0 unspecified atom stereocenters. The predicted octanol–water partition coefficient (Wildman–Crippen LogP) is 2.70. The number of nitrogens with one attached hydrogen (secondary N) is 2. The fourth-order valence-corrected chi connectivity index (χ4v) is 4.70. The lowest BCUT2D eigenvalue weighted by Crippen LogP contribution is -2.46. The first kappa shape index (κ1) is 16.3. The lowest BCUT2D eigenvalue weighted by atomic mass is 9.66. The van der Waals surface area contributed by atoms with Gasteiger partial charge in [-0.05, 0) is 66.0 Å². The van der Waals surface area contributed by atoms with Crippen LogP contribution in [0.1, 0.15) is 25.7 Å². The predicted molar refractivity (Wildman–Crippen MR) is 97.3 cm³/mol. The van der Waals surface area contributed by atoms with E-state index in [-0.39, 0.29) is 0 Å². The van der Waals surface area contributed by atoms with E-state index in [2.05, 4.69) is 36.6 Å². The summed E-state index contributed by atoms with van der Waals surface area (Å²) < 4.78 is 8.50. The number of hydrogen-bond acceptors (Lipinski definition) is 5. The Morgan fingerprint density at radius 3 is 2.92 bits per heavy atom. The Morgan fingerprint density at radius 2 is 2.12 bits per heavy atom. The fraction of sp³-hybridized carbons (Fsp3) is 0.647. The van der Waals surface area contributed by atoms with Gasteiger partial charge in [-0.25, -0.2) is 9.50 Å². The highest BCUT2D eigenvalue weighted by Gasteiger charge is 2.40. The third-order valence-electron chi connectivity index (χ3n) is 5.69. The Bertz CT molecular complexity index is 691. The summed E-state index contributed by atoms with van der Waals surface area (Å²) in [5.74, 6) is 1.66. The minimum atomic E-state index is 0.307. The van der Waals surface area contributed by atoms with Crippen molar-refractivity contribution >= 4 is 27.3 Å². The van der Waals surface area contributed by atoms with Crippen molar-refractivity contribution in [3.05, 3.63) is 23.1 Å². The summed E-state index contributed by atoms with van der Waals surface area (Å²) >= 11 is 3.58. The monoisotopic (exact) mass is 393 g/mol. The molecule has 2 aromatic heterocycles. The Hall–Kier alpha value is -1.18. The molecule has 6 nitrogen and oxygen atoms in total. The Labute approximate surface area is 150 Å². The smallest absolute Gasteiger partial charge is 0.153 e. The Kier molecular flexibility index (Phi) is 4.74. The lowest BCUT2D eigenvalue weighted by molar-refractivity contribution is -0.0190. The van der Waals surface area contributed by atoms with Crippen LogP contribution >= 0.6 is 15.9 Å². The minimum Gasteiger partial charge on any atom is -0.381 e. The molecule has 2 N–H and O–H groups in total. The second-order valence-electron chi connectivity index (χ2n) is 6.91. The van der Waals surface area contributed by atoms with E-state index in [0.717, 1.165) is 67.4 Å². The average Bonchev–Trinajstić information content (AvgIpc) is 3.03. The van der Waals surface area contributed by atoms with Crippen molar-refractivity contribution in [3.8, 4) is 0 Å². The fourth-order valence-electron chi connectivity index (χ4n) is 4.24. The van der Waals surface area contributed by atoms with Crippen LogP contribution in [0.3, 0.4) is 0 Å². The summed E-state index contributed by atoms with van der Waals surface area (Å²) in [6.07, 6.45) is 10.3. The highest BCUT2D eigenvalue weighted by Crippen LogP contribution is 2.43. The molecule has 4 heterocycles. The molecule has 2 aliphatic heterocycles. The molecular formula is C17H24BrN5O. The number of aromatic nitrogens is 3. The van der Waals surface area contributed by atoms with Crippen LogP contribution in [0.15, 0.2) is 23.1 Å². The zero-order valence-corrected chi connectivity index (χ0v) is 15.4. The molecule has 0 radical (unpaired) electrons. The molecule has 0 bridgehead atoms. The van der Waals surface area contributed by atoms with Gasteiger partial charge >= 0.3 is 0 Å². The van der Waals surface area contributed by atoms with E-state index in [0.29, 0.717) is 5.41 Å². The van der Waals surface area contributed by atoms with Crippen molar-refractivity contribution in [3.63, 3.8) is 0 Å². The second-order valence-corrected chi connectivity index (χ2v) is 7.77. The number of anilines is 1. The van der Waals surface area contributed by atoms with Gasteiger partial charge in [-0.15, -0.1) is 0 Å². The largest absolute Gasteiger partial charge is 0.381 e. The van der Waals surface area contributed by atoms with Gasteiger partial charge in [-0.2, -0.15) is 5.10 Å². The number of nitrogens with zero attached hydrogens (tertiary/aromatic N) is 3. The van der Waals surface area contributed by atoms with Crippen molar-refractivity contribution in [2.24, 2.45) is 11.3 Å². The third kappa shape index (κ3) is 3.05. The van der Waals surface area contributed by atoms with Gasteiger partial charge in [-0.3, -0.25) is 0 Å². The molecule has 0 aliphatic carbocycles. The molecule has 130 valence electrons. The van der Waals surface area contributed by atoms with Crippen molar-refractivity contribution in [1.29, 1.82) is 0 Å². The maximum absolute atomic E-state index is 5.66. The first-order valence-corrected chi connectivity index (χ1v) is 9.58. The summed E-state index contributed by atoms with van der Waals surface area (Å²) in [7, 11) is 0. The molecular weight excluding hydrogens is 370 g/mol. The molecule has 0 saturated carbocycles. The van der Waals surface area contributed by atoms with Gasteiger partial charge in [0.1, 0.15) is 5.52 Å². The summed E-state index contributed by atoms with van der Waals surface area (Å²) in [5.41, 5.74) is 1.31. The SMILES string of the molecule is Brc1cnn2ccnc(NCC3(C4CCNCC4)CCOCC3)c12. The van der Waals surface area contributed by atoms with Crippen LogP contribution in [-0.4, -0.2) is 47.4 Å². The first-order chi connectivity index (χ1) is 11.8. The Morgan fingerprint density at radius 1 is 1.33 bits per heavy atom. The molecule has 24 heavy (non-hydrogen) atoms. The molecule has 0 atom stereocenters. The van der Waals surface area contributed by atoms with Gasteiger partial charge in [-0.1, -0.05) is 0 Å². The number of halogens is 1. The number of piperidine rings is 1. The van der Waals surface area contributed by atoms with Crippen LogP contribution in [0.2, 0.25) is 0 Å². The van der Waals surface area contributed by atoms with Crippen molar-refractivity contribution in [2.75, 3.05) is 38.2 Å². The normalized spacial score (nSPS) is 21.9. The number of fused-ring (bicyclic) bond motifs is 1. The topological polar surface area (TPSA) is 63.5 Å². The molecule has 7 heteroatoms. The first-order valence-electron chi connectivity index (χ1n) is 8.79. The lowest BCUT2D eigenvalue weighted by Gasteiger charge is -2.45. The summed E-state index contributed by atoms with van der Waals surface area (Å²) in [5, 5.41) is 11.5. The molecule has 0 spiro atoms. The molecule has 0 aromatic carbocycles. The van der Waals surface area contributed by atoms with Crippen LogP contribution in [0, 0.1) is 11.3 Å². The molecule has 2 aromatic rings. The van der Waals surface area contributed by atoms with Crippen LogP contribution in [0.25, 0.3) is 5.52 Å². The maximum Gasteiger partial charge on any atom is 0.153 e. The highest BCUT2D eigenvalue weighted by atomic mass is 79.9.